The number of hydrogen-bond acceptors (Lipinski definition) is 7. The highest BCUT2D eigenvalue weighted by atomic mass is 16.5. The molecule has 2 N–H and O–H groups in total. The van der Waals surface area contributed by atoms with Gasteiger partial charge >= 0.3 is 6.01 Å². The fourth-order valence-electron chi connectivity index (χ4n) is 4.86. The maximum Gasteiger partial charge on any atom is 0.319 e. The average Bonchev–Trinajstić information content (AvgIpc) is 3.59. The molecule has 2 aliphatic rings. The van der Waals surface area contributed by atoms with Gasteiger partial charge < -0.3 is 24.8 Å². The molecule has 0 radical (unpaired) electrons. The number of H-pyrrole nitrogens is 1. The molecule has 2 fully saturated rings. The largest absolute Gasteiger partial charge is 0.463 e. The fraction of sp³-hybridized carbons (Fsp3) is 0.538. The maximum atomic E-state index is 13.0. The number of fused-ring (bicyclic) bond motifs is 1. The van der Waals surface area contributed by atoms with Crippen LogP contribution in [0.1, 0.15) is 54.6 Å². The van der Waals surface area contributed by atoms with Crippen LogP contribution in [0, 0.1) is 5.92 Å². The SMILES string of the molecule is C[C@H](CN(C)C)NC(=O)c1cc(N2CCC(c3c[nH]c4ncccc34)CC2)nc(OCC2CC2)n1. The van der Waals surface area contributed by atoms with Crippen LogP contribution in [-0.2, 0) is 0 Å². The number of anilines is 1. The number of carbonyl (C=O) groups excluding carboxylic acids is 1. The lowest BCUT2D eigenvalue weighted by Gasteiger charge is -2.33. The van der Waals surface area contributed by atoms with Crippen LogP contribution in [-0.4, -0.2) is 77.1 Å². The van der Waals surface area contributed by atoms with Crippen molar-refractivity contribution in [3.05, 3.63) is 41.9 Å². The minimum atomic E-state index is -0.194. The zero-order valence-corrected chi connectivity index (χ0v) is 20.8. The van der Waals surface area contributed by atoms with E-state index in [4.69, 9.17) is 9.72 Å². The zero-order valence-electron chi connectivity index (χ0n) is 20.8. The molecule has 0 unspecified atom stereocenters. The summed E-state index contributed by atoms with van der Waals surface area (Å²) >= 11 is 0. The molecule has 1 saturated carbocycles. The van der Waals surface area contributed by atoms with E-state index in [1.807, 2.05) is 33.3 Å². The molecule has 186 valence electrons. The Balaban J connectivity index is 1.31. The summed E-state index contributed by atoms with van der Waals surface area (Å²) in [4.78, 5) is 34.2. The lowest BCUT2D eigenvalue weighted by molar-refractivity contribution is 0.0927. The van der Waals surface area contributed by atoms with E-state index in [0.717, 1.165) is 43.9 Å². The van der Waals surface area contributed by atoms with Gasteiger partial charge in [-0.05, 0) is 76.2 Å². The molecule has 35 heavy (non-hydrogen) atoms. The minimum Gasteiger partial charge on any atom is -0.463 e. The summed E-state index contributed by atoms with van der Waals surface area (Å²) in [6.07, 6.45) is 8.30. The van der Waals surface area contributed by atoms with Crippen molar-refractivity contribution in [2.45, 2.75) is 44.6 Å². The van der Waals surface area contributed by atoms with Gasteiger partial charge in [-0.2, -0.15) is 9.97 Å². The third-order valence-electron chi connectivity index (χ3n) is 6.83. The summed E-state index contributed by atoms with van der Waals surface area (Å²) in [6.45, 7) is 5.07. The molecule has 1 saturated heterocycles. The van der Waals surface area contributed by atoms with E-state index in [9.17, 15) is 4.79 Å². The highest BCUT2D eigenvalue weighted by Gasteiger charge is 2.27. The van der Waals surface area contributed by atoms with Crippen LogP contribution in [0.4, 0.5) is 5.82 Å². The molecule has 9 heteroatoms. The molecule has 9 nitrogen and oxygen atoms in total. The molecule has 3 aromatic heterocycles. The summed E-state index contributed by atoms with van der Waals surface area (Å²) in [5.74, 6) is 1.61. The number of hydrogen-bond donors (Lipinski definition) is 2. The van der Waals surface area contributed by atoms with Crippen LogP contribution >= 0.6 is 0 Å². The second-order valence-corrected chi connectivity index (χ2v) is 10.2. The van der Waals surface area contributed by atoms with Crippen LogP contribution in [0.5, 0.6) is 6.01 Å². The molecule has 5 rings (SSSR count). The number of nitrogens with one attached hydrogen (secondary N) is 2. The van der Waals surface area contributed by atoms with Crippen LogP contribution in [0.3, 0.4) is 0 Å². The van der Waals surface area contributed by atoms with Gasteiger partial charge in [0.05, 0.1) is 6.61 Å². The maximum absolute atomic E-state index is 13.0. The highest BCUT2D eigenvalue weighted by Crippen LogP contribution is 2.34. The molecule has 1 amide bonds. The average molecular weight is 478 g/mol. The quantitative estimate of drug-likeness (QED) is 0.488. The van der Waals surface area contributed by atoms with Gasteiger partial charge in [-0.25, -0.2) is 4.98 Å². The first-order chi connectivity index (χ1) is 17.0. The Morgan fingerprint density at radius 3 is 2.80 bits per heavy atom. The Morgan fingerprint density at radius 2 is 2.06 bits per heavy atom. The Morgan fingerprint density at radius 1 is 1.26 bits per heavy atom. The van der Waals surface area contributed by atoms with Crippen molar-refractivity contribution >= 4 is 22.8 Å². The number of carbonyl (C=O) groups is 1. The van der Waals surface area contributed by atoms with Gasteiger partial charge in [0, 0.05) is 49.5 Å². The van der Waals surface area contributed by atoms with Gasteiger partial charge in [0.2, 0.25) is 0 Å². The van der Waals surface area contributed by atoms with E-state index in [2.05, 4.69) is 42.3 Å². The number of nitrogens with zero attached hydrogens (tertiary/aromatic N) is 5. The highest BCUT2D eigenvalue weighted by molar-refractivity contribution is 5.93. The fourth-order valence-corrected chi connectivity index (χ4v) is 4.86. The number of aromatic nitrogens is 4. The van der Waals surface area contributed by atoms with E-state index in [-0.39, 0.29) is 11.9 Å². The van der Waals surface area contributed by atoms with Crippen molar-refractivity contribution in [1.82, 2.24) is 30.2 Å². The predicted octanol–water partition coefficient (Wildman–Crippen LogP) is 3.21. The molecule has 1 atom stereocenters. The normalized spacial score (nSPS) is 17.7. The smallest absolute Gasteiger partial charge is 0.319 e. The van der Waals surface area contributed by atoms with E-state index < -0.39 is 0 Å². The number of ether oxygens (including phenoxy) is 1. The van der Waals surface area contributed by atoms with Crippen LogP contribution < -0.4 is 15.0 Å². The van der Waals surface area contributed by atoms with E-state index in [0.29, 0.717) is 30.1 Å². The standard InChI is InChI=1S/C26H35N7O2/c1-17(15-32(2)3)29-25(34)22-13-23(31-26(30-22)35-16-18-6-7-18)33-11-8-19(9-12-33)21-14-28-24-20(21)5-4-10-27-24/h4-5,10,13-14,17-19H,6-9,11-12,15-16H2,1-3H3,(H,27,28)(H,29,34)/t17-/m1/s1. The Hall–Kier alpha value is -3.20. The van der Waals surface area contributed by atoms with Crippen molar-refractivity contribution in [2.75, 3.05) is 45.2 Å². The van der Waals surface area contributed by atoms with Crippen molar-refractivity contribution in [1.29, 1.82) is 0 Å². The van der Waals surface area contributed by atoms with Gasteiger partial charge in [-0.3, -0.25) is 4.79 Å². The predicted molar refractivity (Wildman–Crippen MR) is 136 cm³/mol. The monoisotopic (exact) mass is 477 g/mol. The Labute approximate surface area is 206 Å². The molecular weight excluding hydrogens is 442 g/mol. The molecular formula is C26H35N7O2. The molecule has 0 aromatic carbocycles. The van der Waals surface area contributed by atoms with Crippen LogP contribution in [0.2, 0.25) is 0 Å². The van der Waals surface area contributed by atoms with Crippen LogP contribution in [0.25, 0.3) is 11.0 Å². The van der Waals surface area contributed by atoms with E-state index in [1.54, 1.807) is 6.07 Å². The number of rotatable bonds is 9. The van der Waals surface area contributed by atoms with Gasteiger partial charge in [-0.15, -0.1) is 0 Å². The molecule has 4 heterocycles. The second kappa shape index (κ2) is 10.2. The van der Waals surface area contributed by atoms with E-state index in [1.165, 1.54) is 23.8 Å². The van der Waals surface area contributed by atoms with Crippen molar-refractivity contribution in [3.8, 4) is 6.01 Å². The number of piperidine rings is 1. The number of pyridine rings is 1. The van der Waals surface area contributed by atoms with Gasteiger partial charge in [0.1, 0.15) is 17.2 Å². The number of aromatic amines is 1. The Kier molecular flexibility index (Phi) is 6.86. The van der Waals surface area contributed by atoms with Crippen LogP contribution in [0.15, 0.2) is 30.6 Å². The van der Waals surface area contributed by atoms with E-state index >= 15 is 0 Å². The number of amides is 1. The lowest BCUT2D eigenvalue weighted by Crippen LogP contribution is -2.40. The Bertz CT molecular complexity index is 1170. The first-order valence-corrected chi connectivity index (χ1v) is 12.6. The number of likely N-dealkylation sites (N-methyl/N-ethyl adjacent to an activating group) is 1. The first kappa shape index (κ1) is 23.5. The summed E-state index contributed by atoms with van der Waals surface area (Å²) in [5, 5.41) is 4.25. The third-order valence-corrected chi connectivity index (χ3v) is 6.83. The summed E-state index contributed by atoms with van der Waals surface area (Å²) in [6, 6.07) is 6.23. The summed E-state index contributed by atoms with van der Waals surface area (Å²) in [7, 11) is 3.98. The molecule has 0 bridgehead atoms. The lowest BCUT2D eigenvalue weighted by atomic mass is 9.89. The molecule has 1 aliphatic heterocycles. The second-order valence-electron chi connectivity index (χ2n) is 10.2. The van der Waals surface area contributed by atoms with Crippen molar-refractivity contribution < 1.29 is 9.53 Å². The van der Waals surface area contributed by atoms with Gasteiger partial charge in [0.25, 0.3) is 5.91 Å². The molecule has 3 aromatic rings. The van der Waals surface area contributed by atoms with Crippen molar-refractivity contribution in [3.63, 3.8) is 0 Å². The summed E-state index contributed by atoms with van der Waals surface area (Å²) < 4.78 is 5.90. The molecule has 1 aliphatic carbocycles. The first-order valence-electron chi connectivity index (χ1n) is 12.6. The zero-order chi connectivity index (χ0) is 24.4. The van der Waals surface area contributed by atoms with Gasteiger partial charge in [0.15, 0.2) is 0 Å². The third kappa shape index (κ3) is 5.73. The van der Waals surface area contributed by atoms with Crippen molar-refractivity contribution in [2.24, 2.45) is 5.92 Å². The summed E-state index contributed by atoms with van der Waals surface area (Å²) in [5.41, 5.74) is 2.63. The molecule has 0 spiro atoms. The van der Waals surface area contributed by atoms with Gasteiger partial charge in [-0.1, -0.05) is 0 Å². The minimum absolute atomic E-state index is 0.00755. The topological polar surface area (TPSA) is 99.3 Å².